The molecule has 0 atom stereocenters. The van der Waals surface area contributed by atoms with E-state index in [-0.39, 0.29) is 5.91 Å². The van der Waals surface area contributed by atoms with E-state index < -0.39 is 0 Å². The number of hydrogen-bond acceptors (Lipinski definition) is 4. The van der Waals surface area contributed by atoms with Gasteiger partial charge in [0.1, 0.15) is 11.6 Å². The van der Waals surface area contributed by atoms with Crippen molar-refractivity contribution in [1.29, 1.82) is 0 Å². The summed E-state index contributed by atoms with van der Waals surface area (Å²) in [6, 6.07) is 8.55. The molecule has 0 aliphatic rings. The Balaban J connectivity index is 1.83. The summed E-state index contributed by atoms with van der Waals surface area (Å²) in [4.78, 5) is 16.5. The number of rotatable bonds is 4. The Hall–Kier alpha value is -2.86. The molecule has 0 spiro atoms. The van der Waals surface area contributed by atoms with Gasteiger partial charge >= 0.3 is 0 Å². The van der Waals surface area contributed by atoms with E-state index in [4.69, 9.17) is 16.3 Å². The monoisotopic (exact) mass is 342 g/mol. The quantitative estimate of drug-likeness (QED) is 0.789. The number of nitrogens with one attached hydrogen (secondary N) is 1. The third-order valence-corrected chi connectivity index (χ3v) is 3.77. The van der Waals surface area contributed by atoms with Crippen molar-refractivity contribution in [2.45, 2.75) is 0 Å². The van der Waals surface area contributed by atoms with E-state index in [1.54, 1.807) is 48.3 Å². The summed E-state index contributed by atoms with van der Waals surface area (Å²) < 4.78 is 6.76. The lowest BCUT2D eigenvalue weighted by molar-refractivity contribution is 0.102. The average molecular weight is 343 g/mol. The largest absolute Gasteiger partial charge is 0.497 e. The summed E-state index contributed by atoms with van der Waals surface area (Å²) in [5, 5.41) is 7.38. The van der Waals surface area contributed by atoms with Gasteiger partial charge in [-0.3, -0.25) is 9.48 Å². The van der Waals surface area contributed by atoms with Crippen molar-refractivity contribution in [3.8, 4) is 16.9 Å². The molecule has 122 valence electrons. The van der Waals surface area contributed by atoms with Gasteiger partial charge in [-0.2, -0.15) is 5.10 Å². The van der Waals surface area contributed by atoms with Gasteiger partial charge in [-0.25, -0.2) is 4.98 Å². The topological polar surface area (TPSA) is 69.0 Å². The van der Waals surface area contributed by atoms with Crippen molar-refractivity contribution >= 4 is 23.3 Å². The lowest BCUT2D eigenvalue weighted by atomic mass is 10.1. The number of aromatic nitrogens is 3. The van der Waals surface area contributed by atoms with Gasteiger partial charge in [0.25, 0.3) is 5.91 Å². The van der Waals surface area contributed by atoms with Crippen LogP contribution in [-0.4, -0.2) is 27.8 Å². The number of carbonyl (C=O) groups is 1. The number of halogens is 1. The maximum atomic E-state index is 12.3. The number of anilines is 1. The first kappa shape index (κ1) is 16.0. The minimum atomic E-state index is -0.260. The standard InChI is InChI=1S/C17H15ClN4O2/c1-22-10-12(8-20-22)14-7-16(19-9-15(14)18)21-17(23)11-3-5-13(24-2)6-4-11/h3-10H,1-2H3,(H,19,21,23). The zero-order valence-corrected chi connectivity index (χ0v) is 13.9. The van der Waals surface area contributed by atoms with Crippen molar-refractivity contribution in [3.05, 3.63) is 59.5 Å². The molecule has 2 aromatic heterocycles. The summed E-state index contributed by atoms with van der Waals surface area (Å²) in [7, 11) is 3.40. The molecular formula is C17H15ClN4O2. The molecule has 3 aromatic rings. The zero-order chi connectivity index (χ0) is 17.1. The molecule has 6 nitrogen and oxygen atoms in total. The van der Waals surface area contributed by atoms with Crippen LogP contribution in [0.4, 0.5) is 5.82 Å². The van der Waals surface area contributed by atoms with Crippen LogP contribution in [0.25, 0.3) is 11.1 Å². The predicted molar refractivity (Wildman–Crippen MR) is 92.4 cm³/mol. The third-order valence-electron chi connectivity index (χ3n) is 3.47. The fraction of sp³-hybridized carbons (Fsp3) is 0.118. The lowest BCUT2D eigenvalue weighted by Crippen LogP contribution is -2.12. The first-order valence-electron chi connectivity index (χ1n) is 7.17. The van der Waals surface area contributed by atoms with E-state index in [0.29, 0.717) is 22.2 Å². The number of benzene rings is 1. The number of pyridine rings is 1. The van der Waals surface area contributed by atoms with Crippen molar-refractivity contribution < 1.29 is 9.53 Å². The molecule has 0 aliphatic heterocycles. The van der Waals surface area contributed by atoms with Crippen LogP contribution in [0.15, 0.2) is 48.9 Å². The van der Waals surface area contributed by atoms with Gasteiger partial charge in [-0.15, -0.1) is 0 Å². The molecule has 0 fully saturated rings. The van der Waals surface area contributed by atoms with Crippen LogP contribution in [0, 0.1) is 0 Å². The van der Waals surface area contributed by atoms with E-state index in [0.717, 1.165) is 11.1 Å². The van der Waals surface area contributed by atoms with Crippen LogP contribution < -0.4 is 10.1 Å². The van der Waals surface area contributed by atoms with Gasteiger partial charge in [0.15, 0.2) is 0 Å². The van der Waals surface area contributed by atoms with Gasteiger partial charge < -0.3 is 10.1 Å². The van der Waals surface area contributed by atoms with Crippen LogP contribution in [0.2, 0.25) is 5.02 Å². The van der Waals surface area contributed by atoms with E-state index in [1.807, 2.05) is 13.2 Å². The number of methoxy groups -OCH3 is 1. The Morgan fingerprint density at radius 1 is 1.25 bits per heavy atom. The molecule has 3 rings (SSSR count). The molecule has 24 heavy (non-hydrogen) atoms. The fourth-order valence-electron chi connectivity index (χ4n) is 2.22. The third kappa shape index (κ3) is 3.38. The van der Waals surface area contributed by atoms with Crippen LogP contribution >= 0.6 is 11.6 Å². The molecule has 1 amide bonds. The Morgan fingerprint density at radius 2 is 2.00 bits per heavy atom. The number of carbonyl (C=O) groups excluding carboxylic acids is 1. The molecule has 1 aromatic carbocycles. The fourth-order valence-corrected chi connectivity index (χ4v) is 2.43. The number of amides is 1. The van der Waals surface area contributed by atoms with Crippen LogP contribution in [0.5, 0.6) is 5.75 Å². The van der Waals surface area contributed by atoms with Crippen molar-refractivity contribution in [2.24, 2.45) is 7.05 Å². The van der Waals surface area contributed by atoms with Gasteiger partial charge in [-0.05, 0) is 30.3 Å². The van der Waals surface area contributed by atoms with E-state index in [9.17, 15) is 4.79 Å². The highest BCUT2D eigenvalue weighted by molar-refractivity contribution is 6.33. The predicted octanol–water partition coefficient (Wildman–Crippen LogP) is 3.40. The molecule has 7 heteroatoms. The molecule has 0 bridgehead atoms. The highest BCUT2D eigenvalue weighted by Crippen LogP contribution is 2.29. The van der Waals surface area contributed by atoms with E-state index >= 15 is 0 Å². The molecular weight excluding hydrogens is 328 g/mol. The highest BCUT2D eigenvalue weighted by atomic mass is 35.5. The number of hydrogen-bond donors (Lipinski definition) is 1. The minimum absolute atomic E-state index is 0.260. The molecule has 2 heterocycles. The Morgan fingerprint density at radius 3 is 2.62 bits per heavy atom. The minimum Gasteiger partial charge on any atom is -0.497 e. The highest BCUT2D eigenvalue weighted by Gasteiger charge is 2.11. The normalized spacial score (nSPS) is 10.5. The Kier molecular flexibility index (Phi) is 4.48. The molecule has 0 unspecified atom stereocenters. The summed E-state index contributed by atoms with van der Waals surface area (Å²) in [5.74, 6) is 0.846. The van der Waals surface area contributed by atoms with Gasteiger partial charge in [0.2, 0.25) is 0 Å². The number of ether oxygens (including phenoxy) is 1. The van der Waals surface area contributed by atoms with Crippen LogP contribution in [0.3, 0.4) is 0 Å². The van der Waals surface area contributed by atoms with Crippen LogP contribution in [0.1, 0.15) is 10.4 Å². The second-order valence-corrected chi connectivity index (χ2v) is 5.54. The summed E-state index contributed by atoms with van der Waals surface area (Å²) in [6.07, 6.45) is 5.06. The molecule has 0 radical (unpaired) electrons. The van der Waals surface area contributed by atoms with Crippen molar-refractivity contribution in [1.82, 2.24) is 14.8 Å². The molecule has 0 saturated carbocycles. The van der Waals surface area contributed by atoms with Gasteiger partial charge in [-0.1, -0.05) is 11.6 Å². The summed E-state index contributed by atoms with van der Waals surface area (Å²) in [5.41, 5.74) is 2.12. The summed E-state index contributed by atoms with van der Waals surface area (Å²) >= 11 is 6.20. The van der Waals surface area contributed by atoms with Gasteiger partial charge in [0.05, 0.1) is 18.3 Å². The SMILES string of the molecule is COc1ccc(C(=O)Nc2cc(-c3cnn(C)c3)c(Cl)cn2)cc1. The molecule has 0 aliphatic carbocycles. The van der Waals surface area contributed by atoms with Gasteiger partial charge in [0, 0.05) is 36.1 Å². The van der Waals surface area contributed by atoms with E-state index in [2.05, 4.69) is 15.4 Å². The second-order valence-electron chi connectivity index (χ2n) is 5.13. The number of nitrogens with zero attached hydrogens (tertiary/aromatic N) is 3. The molecule has 0 saturated heterocycles. The lowest BCUT2D eigenvalue weighted by Gasteiger charge is -2.08. The smallest absolute Gasteiger partial charge is 0.256 e. The van der Waals surface area contributed by atoms with Crippen molar-refractivity contribution in [2.75, 3.05) is 12.4 Å². The maximum absolute atomic E-state index is 12.3. The van der Waals surface area contributed by atoms with Crippen molar-refractivity contribution in [3.63, 3.8) is 0 Å². The zero-order valence-electron chi connectivity index (χ0n) is 13.2. The Bertz CT molecular complexity index is 875. The maximum Gasteiger partial charge on any atom is 0.256 e. The Labute approximate surface area is 144 Å². The first-order chi connectivity index (χ1) is 11.6. The molecule has 1 N–H and O–H groups in total. The van der Waals surface area contributed by atoms with Crippen LogP contribution in [-0.2, 0) is 7.05 Å². The second kappa shape index (κ2) is 6.72. The number of aryl methyl sites for hydroxylation is 1. The van der Waals surface area contributed by atoms with E-state index in [1.165, 1.54) is 6.20 Å². The average Bonchev–Trinajstić information content (AvgIpc) is 3.03. The first-order valence-corrected chi connectivity index (χ1v) is 7.54. The summed E-state index contributed by atoms with van der Waals surface area (Å²) in [6.45, 7) is 0.